The molecule has 3 aromatic carbocycles. The summed E-state index contributed by atoms with van der Waals surface area (Å²) in [6.45, 7) is 1.21. The maximum atomic E-state index is 13.4. The zero-order valence-corrected chi connectivity index (χ0v) is 22.2. The topological polar surface area (TPSA) is 112 Å². The molecule has 0 saturated heterocycles. The van der Waals surface area contributed by atoms with Crippen molar-refractivity contribution >= 4 is 45.1 Å². The molecule has 5 rings (SSSR count). The third-order valence-electron chi connectivity index (χ3n) is 5.96. The summed E-state index contributed by atoms with van der Waals surface area (Å²) >= 11 is 4.67. The first-order chi connectivity index (χ1) is 18.9. The molecule has 5 aromatic rings. The Hall–Kier alpha value is -3.83. The second kappa shape index (κ2) is 12.4. The van der Waals surface area contributed by atoms with E-state index in [1.54, 1.807) is 24.3 Å². The van der Waals surface area contributed by atoms with Gasteiger partial charge in [0.25, 0.3) is 0 Å². The minimum atomic E-state index is -1.81. The summed E-state index contributed by atoms with van der Waals surface area (Å²) in [7, 11) is 0. The summed E-state index contributed by atoms with van der Waals surface area (Å²) in [5.74, 6) is 0.985. The Balaban J connectivity index is 1.30. The lowest BCUT2D eigenvalue weighted by atomic mass is 10.1. The van der Waals surface area contributed by atoms with Crippen LogP contribution in [0.25, 0.3) is 22.0 Å². The van der Waals surface area contributed by atoms with E-state index in [2.05, 4.69) is 25.6 Å². The van der Waals surface area contributed by atoms with Crippen molar-refractivity contribution in [3.05, 3.63) is 101 Å². The van der Waals surface area contributed by atoms with Gasteiger partial charge in [0.2, 0.25) is 0 Å². The number of ether oxygens (including phenoxy) is 1. The maximum absolute atomic E-state index is 13.4. The highest BCUT2D eigenvalue weighted by Gasteiger charge is 2.10. The van der Waals surface area contributed by atoms with Crippen LogP contribution in [-0.2, 0) is 24.2 Å². The van der Waals surface area contributed by atoms with E-state index < -0.39 is 11.1 Å². The predicted molar refractivity (Wildman–Crippen MR) is 152 cm³/mol. The predicted octanol–water partition coefficient (Wildman–Crippen LogP) is 6.05. The van der Waals surface area contributed by atoms with E-state index >= 15 is 0 Å². The van der Waals surface area contributed by atoms with Gasteiger partial charge >= 0.3 is 0 Å². The summed E-state index contributed by atoms with van der Waals surface area (Å²) in [6, 6.07) is 19.6. The number of anilines is 2. The molecular weight excluding hydrogens is 541 g/mol. The number of hydrogen-bond donors (Lipinski definition) is 4. The maximum Gasteiger partial charge on any atom is 0.154 e. The molecule has 200 valence electrons. The molecule has 0 saturated carbocycles. The van der Waals surface area contributed by atoms with E-state index in [-0.39, 0.29) is 18.2 Å². The standard InChI is InChI=1S/C28H25ClFN5O3S/c29-25-13-22(5-7-27(25)38-16-18-2-1-3-21(30)10-18)35-28-24-12-19(4-6-26(24)33-17-34-28)20-11-23(32-14-20)15-31-8-9-39(36)37/h1-7,10-14,17,31-32H,8-9,15-16H2,(H,36,37)(H,33,34,35). The second-order valence-electron chi connectivity index (χ2n) is 8.76. The van der Waals surface area contributed by atoms with E-state index in [0.717, 1.165) is 33.4 Å². The summed E-state index contributed by atoms with van der Waals surface area (Å²) in [6.07, 6.45) is 3.42. The first-order valence-corrected chi connectivity index (χ1v) is 13.7. The highest BCUT2D eigenvalue weighted by Crippen LogP contribution is 2.32. The highest BCUT2D eigenvalue weighted by atomic mass is 35.5. The molecule has 1 unspecified atom stereocenters. The zero-order chi connectivity index (χ0) is 27.2. The summed E-state index contributed by atoms with van der Waals surface area (Å²) in [4.78, 5) is 12.1. The van der Waals surface area contributed by atoms with Crippen LogP contribution in [0, 0.1) is 5.82 Å². The minimum absolute atomic E-state index is 0.184. The van der Waals surface area contributed by atoms with Crippen molar-refractivity contribution in [2.24, 2.45) is 0 Å². The lowest BCUT2D eigenvalue weighted by Crippen LogP contribution is -2.19. The number of nitrogens with zero attached hydrogens (tertiary/aromatic N) is 2. The van der Waals surface area contributed by atoms with Gasteiger partial charge in [-0.1, -0.05) is 29.8 Å². The van der Waals surface area contributed by atoms with E-state index in [1.165, 1.54) is 18.5 Å². The van der Waals surface area contributed by atoms with Gasteiger partial charge in [0.15, 0.2) is 11.1 Å². The largest absolute Gasteiger partial charge is 0.487 e. The fraction of sp³-hybridized carbons (Fsp3) is 0.143. The Morgan fingerprint density at radius 3 is 2.77 bits per heavy atom. The van der Waals surface area contributed by atoms with Crippen LogP contribution >= 0.6 is 11.6 Å². The number of nitrogens with one attached hydrogen (secondary N) is 3. The monoisotopic (exact) mass is 565 g/mol. The van der Waals surface area contributed by atoms with E-state index in [4.69, 9.17) is 20.9 Å². The molecule has 0 aliphatic carbocycles. The van der Waals surface area contributed by atoms with Gasteiger partial charge in [-0.3, -0.25) is 0 Å². The van der Waals surface area contributed by atoms with Crippen LogP contribution in [0.2, 0.25) is 5.02 Å². The molecule has 0 fully saturated rings. The van der Waals surface area contributed by atoms with Gasteiger partial charge in [-0.25, -0.2) is 18.6 Å². The van der Waals surface area contributed by atoms with E-state index in [0.29, 0.717) is 35.2 Å². The summed E-state index contributed by atoms with van der Waals surface area (Å²) in [5, 5.41) is 7.71. The number of aromatic amines is 1. The van der Waals surface area contributed by atoms with Crippen molar-refractivity contribution < 1.29 is 17.9 Å². The SMILES string of the molecule is O=S(O)CCNCc1cc(-c2ccc3ncnc(Nc4ccc(OCc5cccc(F)c5)c(Cl)c4)c3c2)c[nH]1. The Kier molecular flexibility index (Phi) is 8.48. The number of hydrogen-bond acceptors (Lipinski definition) is 6. The quantitative estimate of drug-likeness (QED) is 0.114. The molecular formula is C28H25ClFN5O3S. The molecule has 0 aliphatic rings. The van der Waals surface area contributed by atoms with Gasteiger partial charge in [0, 0.05) is 36.1 Å². The number of fused-ring (bicyclic) bond motifs is 1. The van der Waals surface area contributed by atoms with Crippen molar-refractivity contribution in [1.82, 2.24) is 20.3 Å². The molecule has 0 radical (unpaired) electrons. The van der Waals surface area contributed by atoms with Crippen molar-refractivity contribution in [1.29, 1.82) is 0 Å². The minimum Gasteiger partial charge on any atom is -0.487 e. The molecule has 0 aliphatic heterocycles. The van der Waals surface area contributed by atoms with Crippen molar-refractivity contribution in [2.75, 3.05) is 17.6 Å². The molecule has 4 N–H and O–H groups in total. The molecule has 2 aromatic heterocycles. The lowest BCUT2D eigenvalue weighted by Gasteiger charge is -2.12. The first-order valence-electron chi connectivity index (χ1n) is 12.1. The third-order valence-corrected chi connectivity index (χ3v) is 6.81. The number of benzene rings is 3. The fourth-order valence-corrected chi connectivity index (χ4v) is 4.60. The van der Waals surface area contributed by atoms with Gasteiger partial charge in [0.05, 0.1) is 16.3 Å². The van der Waals surface area contributed by atoms with Crippen LogP contribution in [-0.4, -0.2) is 36.0 Å². The molecule has 39 heavy (non-hydrogen) atoms. The number of halogens is 2. The van der Waals surface area contributed by atoms with Gasteiger partial charge in [-0.2, -0.15) is 0 Å². The number of aromatic nitrogens is 3. The molecule has 11 heteroatoms. The van der Waals surface area contributed by atoms with Crippen molar-refractivity contribution in [3.8, 4) is 16.9 Å². The molecule has 2 heterocycles. The first kappa shape index (κ1) is 26.8. The van der Waals surface area contributed by atoms with Crippen LogP contribution in [0.15, 0.2) is 79.3 Å². The van der Waals surface area contributed by atoms with E-state index in [9.17, 15) is 8.60 Å². The van der Waals surface area contributed by atoms with Gasteiger partial charge < -0.3 is 24.9 Å². The van der Waals surface area contributed by atoms with Crippen molar-refractivity contribution in [2.45, 2.75) is 13.2 Å². The average molecular weight is 566 g/mol. The van der Waals surface area contributed by atoms with Crippen LogP contribution in [0.5, 0.6) is 5.75 Å². The Labute approximate surface area is 231 Å². The molecule has 0 bridgehead atoms. The van der Waals surface area contributed by atoms with E-state index in [1.807, 2.05) is 36.5 Å². The second-order valence-corrected chi connectivity index (χ2v) is 10.2. The van der Waals surface area contributed by atoms with Crippen LogP contribution < -0.4 is 15.4 Å². The van der Waals surface area contributed by atoms with Gasteiger partial charge in [-0.05, 0) is 65.2 Å². The molecule has 1 atom stereocenters. The summed E-state index contributed by atoms with van der Waals surface area (Å²) < 4.78 is 38.9. The van der Waals surface area contributed by atoms with Crippen LogP contribution in [0.1, 0.15) is 11.3 Å². The Morgan fingerprint density at radius 2 is 1.95 bits per heavy atom. The smallest absolute Gasteiger partial charge is 0.154 e. The van der Waals surface area contributed by atoms with Crippen LogP contribution in [0.4, 0.5) is 15.9 Å². The van der Waals surface area contributed by atoms with Gasteiger partial charge in [-0.15, -0.1) is 0 Å². The number of rotatable bonds is 11. The zero-order valence-electron chi connectivity index (χ0n) is 20.7. The molecule has 0 spiro atoms. The van der Waals surface area contributed by atoms with Crippen molar-refractivity contribution in [3.63, 3.8) is 0 Å². The Morgan fingerprint density at radius 1 is 1.05 bits per heavy atom. The lowest BCUT2D eigenvalue weighted by molar-refractivity contribution is 0.306. The van der Waals surface area contributed by atoms with Crippen LogP contribution in [0.3, 0.4) is 0 Å². The summed E-state index contributed by atoms with van der Waals surface area (Å²) in [5.41, 5.74) is 5.16. The molecule has 0 amide bonds. The fourth-order valence-electron chi connectivity index (χ4n) is 4.05. The average Bonchev–Trinajstić information content (AvgIpc) is 3.40. The molecule has 8 nitrogen and oxygen atoms in total. The normalized spacial score (nSPS) is 12.0. The Bertz CT molecular complexity index is 1630. The highest BCUT2D eigenvalue weighted by molar-refractivity contribution is 7.79. The third kappa shape index (κ3) is 6.98. The number of H-pyrrole nitrogens is 1. The van der Waals surface area contributed by atoms with Gasteiger partial charge in [0.1, 0.15) is 30.3 Å².